The summed E-state index contributed by atoms with van der Waals surface area (Å²) in [6, 6.07) is 18.7. The maximum absolute atomic E-state index is 6.02. The number of rotatable bonds is 0. The molecule has 0 atom stereocenters. The van der Waals surface area contributed by atoms with E-state index in [9.17, 15) is 0 Å². The first kappa shape index (κ1) is 11.7. The van der Waals surface area contributed by atoms with Gasteiger partial charge < -0.3 is 15.0 Å². The molecule has 0 amide bonds. The van der Waals surface area contributed by atoms with Gasteiger partial charge in [0, 0.05) is 22.4 Å². The van der Waals surface area contributed by atoms with Crippen molar-refractivity contribution in [2.75, 3.05) is 5.32 Å². The molecule has 1 aliphatic heterocycles. The van der Waals surface area contributed by atoms with E-state index in [2.05, 4.69) is 47.6 Å². The number of fused-ring (bicyclic) bond motifs is 5. The fourth-order valence-corrected chi connectivity index (χ4v) is 3.15. The van der Waals surface area contributed by atoms with Crippen molar-refractivity contribution < 1.29 is 4.74 Å². The molecule has 4 aromatic rings. The van der Waals surface area contributed by atoms with Crippen LogP contribution in [0.3, 0.4) is 0 Å². The molecule has 0 fully saturated rings. The maximum Gasteiger partial charge on any atom is 0.153 e. The van der Waals surface area contributed by atoms with E-state index < -0.39 is 0 Å². The molecule has 2 heterocycles. The zero-order valence-electron chi connectivity index (χ0n) is 12.1. The first-order valence-electron chi connectivity index (χ1n) is 7.38. The van der Waals surface area contributed by atoms with Crippen molar-refractivity contribution in [3.63, 3.8) is 0 Å². The van der Waals surface area contributed by atoms with Gasteiger partial charge in [0.25, 0.3) is 0 Å². The maximum atomic E-state index is 6.02. The van der Waals surface area contributed by atoms with E-state index in [0.29, 0.717) is 0 Å². The van der Waals surface area contributed by atoms with E-state index in [0.717, 1.165) is 33.9 Å². The first-order valence-corrected chi connectivity index (χ1v) is 7.38. The number of aromatic nitrogens is 1. The first-order chi connectivity index (χ1) is 10.8. The van der Waals surface area contributed by atoms with Gasteiger partial charge in [-0.2, -0.15) is 0 Å². The monoisotopic (exact) mass is 286 g/mol. The number of ether oxygens (including phenoxy) is 1. The van der Waals surface area contributed by atoms with E-state index >= 15 is 0 Å². The Balaban J connectivity index is 1.78. The van der Waals surface area contributed by atoms with Crippen molar-refractivity contribution in [3.05, 3.63) is 60.2 Å². The molecule has 0 bridgehead atoms. The van der Waals surface area contributed by atoms with E-state index in [1.54, 1.807) is 0 Å². The lowest BCUT2D eigenvalue weighted by atomic mass is 10.1. The van der Waals surface area contributed by atoms with Crippen molar-refractivity contribution in [3.8, 4) is 11.5 Å². The van der Waals surface area contributed by atoms with Gasteiger partial charge in [-0.15, -0.1) is 0 Å². The van der Waals surface area contributed by atoms with Crippen LogP contribution in [0.2, 0.25) is 0 Å². The van der Waals surface area contributed by atoms with Crippen LogP contribution in [0.5, 0.6) is 11.5 Å². The number of aryl methyl sites for hydroxylation is 1. The Bertz CT molecular complexity index is 1050. The molecule has 0 spiro atoms. The van der Waals surface area contributed by atoms with Crippen molar-refractivity contribution in [1.82, 2.24) is 4.98 Å². The summed E-state index contributed by atoms with van der Waals surface area (Å²) in [6.45, 7) is 2.12. The molecule has 2 N–H and O–H groups in total. The van der Waals surface area contributed by atoms with Crippen LogP contribution in [0, 0.1) is 6.92 Å². The van der Waals surface area contributed by atoms with Gasteiger partial charge in [-0.25, -0.2) is 0 Å². The van der Waals surface area contributed by atoms with Crippen molar-refractivity contribution in [2.45, 2.75) is 6.92 Å². The lowest BCUT2D eigenvalue weighted by Gasteiger charge is -2.21. The Hall–Kier alpha value is -2.94. The third-order valence-corrected chi connectivity index (χ3v) is 4.23. The third-order valence-electron chi connectivity index (χ3n) is 4.23. The van der Waals surface area contributed by atoms with Gasteiger partial charge in [-0.05, 0) is 37.3 Å². The zero-order chi connectivity index (χ0) is 14.7. The van der Waals surface area contributed by atoms with Crippen LogP contribution in [0.25, 0.3) is 21.8 Å². The molecule has 3 aromatic carbocycles. The lowest BCUT2D eigenvalue weighted by Crippen LogP contribution is -2.02. The molecule has 1 aliphatic rings. The zero-order valence-corrected chi connectivity index (χ0v) is 12.1. The Morgan fingerprint density at radius 2 is 1.64 bits per heavy atom. The average Bonchev–Trinajstić information content (AvgIpc) is 2.87. The van der Waals surface area contributed by atoms with E-state index in [1.807, 2.05) is 24.3 Å². The third kappa shape index (κ3) is 1.56. The predicted molar refractivity (Wildman–Crippen MR) is 90.3 cm³/mol. The number of anilines is 2. The fraction of sp³-hybridized carbons (Fsp3) is 0.0526. The topological polar surface area (TPSA) is 37.0 Å². The lowest BCUT2D eigenvalue weighted by molar-refractivity contribution is 0.482. The summed E-state index contributed by atoms with van der Waals surface area (Å²) < 4.78 is 6.02. The van der Waals surface area contributed by atoms with Gasteiger partial charge in [-0.3, -0.25) is 0 Å². The van der Waals surface area contributed by atoms with Crippen LogP contribution in [-0.2, 0) is 0 Å². The van der Waals surface area contributed by atoms with E-state index in [-0.39, 0.29) is 0 Å². The molecule has 0 saturated heterocycles. The number of benzene rings is 3. The minimum Gasteiger partial charge on any atom is -0.453 e. The minimum atomic E-state index is 0.856. The van der Waals surface area contributed by atoms with Crippen LogP contribution in [-0.4, -0.2) is 4.98 Å². The van der Waals surface area contributed by atoms with E-state index in [1.165, 1.54) is 16.3 Å². The number of H-pyrrole nitrogens is 1. The van der Waals surface area contributed by atoms with Crippen LogP contribution in [0.4, 0.5) is 11.4 Å². The highest BCUT2D eigenvalue weighted by atomic mass is 16.5. The molecule has 3 nitrogen and oxygen atoms in total. The average molecular weight is 286 g/mol. The molecule has 3 heteroatoms. The fourth-order valence-electron chi connectivity index (χ4n) is 3.15. The number of aromatic amines is 1. The van der Waals surface area contributed by atoms with Crippen molar-refractivity contribution in [2.24, 2.45) is 0 Å². The van der Waals surface area contributed by atoms with Gasteiger partial charge in [-0.1, -0.05) is 23.8 Å². The predicted octanol–water partition coefficient (Wildman–Crippen LogP) is 5.48. The molecular weight excluding hydrogens is 272 g/mol. The Morgan fingerprint density at radius 3 is 2.59 bits per heavy atom. The highest BCUT2D eigenvalue weighted by Crippen LogP contribution is 2.44. The number of para-hydroxylation sites is 2. The SMILES string of the molecule is Cc1ccc2[nH]c3cc4c(cc3c2c1)Nc1ccccc1O4. The molecule has 0 aliphatic carbocycles. The molecule has 5 rings (SSSR count). The molecule has 106 valence electrons. The highest BCUT2D eigenvalue weighted by molar-refractivity contribution is 6.09. The van der Waals surface area contributed by atoms with Crippen LogP contribution < -0.4 is 10.1 Å². The van der Waals surface area contributed by atoms with E-state index in [4.69, 9.17) is 4.74 Å². The second kappa shape index (κ2) is 4.04. The largest absolute Gasteiger partial charge is 0.453 e. The summed E-state index contributed by atoms with van der Waals surface area (Å²) in [5.74, 6) is 1.72. The highest BCUT2D eigenvalue weighted by Gasteiger charge is 2.18. The standard InChI is InChI=1S/C19H14N2O/c1-11-6-7-14-12(8-11)13-9-17-19(10-16(13)20-14)22-18-5-3-2-4-15(18)21-17/h2-10,20-21H,1H3. The summed E-state index contributed by atoms with van der Waals surface area (Å²) in [5, 5.41) is 5.93. The Kier molecular flexibility index (Phi) is 2.15. The van der Waals surface area contributed by atoms with Crippen molar-refractivity contribution in [1.29, 1.82) is 0 Å². The number of hydrogen-bond donors (Lipinski definition) is 2. The number of hydrogen-bond acceptors (Lipinski definition) is 2. The number of nitrogens with one attached hydrogen (secondary N) is 2. The molecule has 0 saturated carbocycles. The second-order valence-corrected chi connectivity index (χ2v) is 5.79. The summed E-state index contributed by atoms with van der Waals surface area (Å²) in [7, 11) is 0. The summed E-state index contributed by atoms with van der Waals surface area (Å²) >= 11 is 0. The van der Waals surface area contributed by atoms with Gasteiger partial charge in [0.05, 0.1) is 16.9 Å². The van der Waals surface area contributed by atoms with Gasteiger partial charge >= 0.3 is 0 Å². The normalized spacial score (nSPS) is 12.6. The molecule has 0 radical (unpaired) electrons. The van der Waals surface area contributed by atoms with Crippen LogP contribution >= 0.6 is 0 Å². The van der Waals surface area contributed by atoms with Crippen LogP contribution in [0.1, 0.15) is 5.56 Å². The molecule has 1 aromatic heterocycles. The summed E-state index contributed by atoms with van der Waals surface area (Å²) in [5.41, 5.74) is 5.53. The second-order valence-electron chi connectivity index (χ2n) is 5.79. The van der Waals surface area contributed by atoms with Gasteiger partial charge in [0.2, 0.25) is 0 Å². The van der Waals surface area contributed by atoms with Gasteiger partial charge in [0.1, 0.15) is 0 Å². The quantitative estimate of drug-likeness (QED) is 0.395. The molecular formula is C19H14N2O. The Morgan fingerprint density at radius 1 is 0.773 bits per heavy atom. The van der Waals surface area contributed by atoms with Crippen LogP contribution in [0.15, 0.2) is 54.6 Å². The van der Waals surface area contributed by atoms with Crippen molar-refractivity contribution >= 4 is 33.2 Å². The minimum absolute atomic E-state index is 0.856. The molecule has 0 unspecified atom stereocenters. The molecule has 22 heavy (non-hydrogen) atoms. The summed E-state index contributed by atoms with van der Waals surface area (Å²) in [6.07, 6.45) is 0. The summed E-state index contributed by atoms with van der Waals surface area (Å²) in [4.78, 5) is 3.47. The smallest absolute Gasteiger partial charge is 0.153 e. The Labute approximate surface area is 127 Å². The van der Waals surface area contributed by atoms with Gasteiger partial charge in [0.15, 0.2) is 11.5 Å².